The summed E-state index contributed by atoms with van der Waals surface area (Å²) in [4.78, 5) is 16.2. The van der Waals surface area contributed by atoms with Gasteiger partial charge >= 0.3 is 0 Å². The van der Waals surface area contributed by atoms with Gasteiger partial charge in [-0.25, -0.2) is 4.68 Å². The molecule has 2 heterocycles. The number of likely N-dealkylation sites (N-methyl/N-ethyl adjacent to an activating group) is 2. The molecule has 1 aromatic rings. The molecule has 1 unspecified atom stereocenters. The van der Waals surface area contributed by atoms with Crippen LogP contribution in [0.1, 0.15) is 0 Å². The lowest BCUT2D eigenvalue weighted by Gasteiger charge is -2.30. The van der Waals surface area contributed by atoms with E-state index in [2.05, 4.69) is 17.0 Å². The van der Waals surface area contributed by atoms with E-state index in [0.29, 0.717) is 26.2 Å². The highest BCUT2D eigenvalue weighted by atomic mass is 16.5. The SMILES string of the molecule is CN1CCOC(Cn2ncc(N(C)CCN)cc2=O)C1. The fourth-order valence-corrected chi connectivity index (χ4v) is 2.26. The lowest BCUT2D eigenvalue weighted by molar-refractivity contribution is -0.0297. The molecule has 0 amide bonds. The van der Waals surface area contributed by atoms with E-state index in [-0.39, 0.29) is 11.7 Å². The Morgan fingerprint density at radius 3 is 3.05 bits per heavy atom. The molecule has 0 aromatic carbocycles. The number of ether oxygens (including phenoxy) is 1. The first-order valence-corrected chi connectivity index (χ1v) is 6.88. The Kier molecular flexibility index (Phi) is 5.11. The normalized spacial score (nSPS) is 20.1. The number of hydrogen-bond donors (Lipinski definition) is 1. The van der Waals surface area contributed by atoms with Gasteiger partial charge in [-0.1, -0.05) is 0 Å². The average Bonchev–Trinajstić information content (AvgIpc) is 2.41. The van der Waals surface area contributed by atoms with Gasteiger partial charge in [-0.2, -0.15) is 5.10 Å². The molecule has 1 atom stereocenters. The van der Waals surface area contributed by atoms with Crippen molar-refractivity contribution in [2.75, 3.05) is 51.8 Å². The minimum absolute atomic E-state index is 0.0200. The summed E-state index contributed by atoms with van der Waals surface area (Å²) in [5.74, 6) is 0. The van der Waals surface area contributed by atoms with Crippen molar-refractivity contribution >= 4 is 5.69 Å². The van der Waals surface area contributed by atoms with Crippen LogP contribution >= 0.6 is 0 Å². The van der Waals surface area contributed by atoms with Crippen LogP contribution in [0.3, 0.4) is 0 Å². The summed E-state index contributed by atoms with van der Waals surface area (Å²) in [5.41, 5.74) is 6.19. The van der Waals surface area contributed by atoms with E-state index in [1.165, 1.54) is 4.68 Å². The molecule has 1 aliphatic rings. The van der Waals surface area contributed by atoms with E-state index in [0.717, 1.165) is 18.8 Å². The third-order valence-electron chi connectivity index (χ3n) is 3.48. The van der Waals surface area contributed by atoms with Crippen molar-refractivity contribution in [1.29, 1.82) is 0 Å². The monoisotopic (exact) mass is 281 g/mol. The van der Waals surface area contributed by atoms with Crippen molar-refractivity contribution in [3.05, 3.63) is 22.6 Å². The Hall–Kier alpha value is -1.44. The fourth-order valence-electron chi connectivity index (χ4n) is 2.26. The first-order valence-electron chi connectivity index (χ1n) is 6.88. The summed E-state index contributed by atoms with van der Waals surface area (Å²) in [6.07, 6.45) is 1.72. The zero-order chi connectivity index (χ0) is 14.5. The fraction of sp³-hybridized carbons (Fsp3) is 0.692. The van der Waals surface area contributed by atoms with Gasteiger partial charge in [0, 0.05) is 39.3 Å². The smallest absolute Gasteiger partial charge is 0.268 e. The number of rotatable bonds is 5. The molecule has 1 aliphatic heterocycles. The molecule has 0 spiro atoms. The third-order valence-corrected chi connectivity index (χ3v) is 3.48. The van der Waals surface area contributed by atoms with Gasteiger partial charge in [0.1, 0.15) is 0 Å². The van der Waals surface area contributed by atoms with Crippen LogP contribution < -0.4 is 16.2 Å². The number of nitrogens with zero attached hydrogens (tertiary/aromatic N) is 4. The van der Waals surface area contributed by atoms with Crippen LogP contribution in [0.4, 0.5) is 5.69 Å². The van der Waals surface area contributed by atoms with E-state index in [9.17, 15) is 4.79 Å². The van der Waals surface area contributed by atoms with Crippen LogP contribution in [0.2, 0.25) is 0 Å². The standard InChI is InChI=1S/C13H23N5O2/c1-16-5-6-20-12(9-16)10-18-13(19)7-11(8-15-18)17(2)4-3-14/h7-8,12H,3-6,9-10,14H2,1-2H3. The second-order valence-corrected chi connectivity index (χ2v) is 5.20. The van der Waals surface area contributed by atoms with Gasteiger partial charge < -0.3 is 20.3 Å². The highest BCUT2D eigenvalue weighted by Gasteiger charge is 2.19. The number of hydrogen-bond acceptors (Lipinski definition) is 6. The highest BCUT2D eigenvalue weighted by Crippen LogP contribution is 2.07. The maximum atomic E-state index is 12.1. The Bertz CT molecular complexity index is 490. The molecule has 1 saturated heterocycles. The molecule has 0 aliphatic carbocycles. The Balaban J connectivity index is 2.04. The maximum Gasteiger partial charge on any atom is 0.268 e. The number of aromatic nitrogens is 2. The first-order chi connectivity index (χ1) is 9.60. The third kappa shape index (κ3) is 3.78. The van der Waals surface area contributed by atoms with E-state index < -0.39 is 0 Å². The molecule has 0 radical (unpaired) electrons. The molecule has 7 nitrogen and oxygen atoms in total. The Morgan fingerprint density at radius 1 is 1.60 bits per heavy atom. The van der Waals surface area contributed by atoms with Crippen molar-refractivity contribution in [2.24, 2.45) is 5.73 Å². The van der Waals surface area contributed by atoms with E-state index in [1.54, 1.807) is 12.3 Å². The van der Waals surface area contributed by atoms with Gasteiger partial charge in [0.15, 0.2) is 0 Å². The quantitative estimate of drug-likeness (QED) is 0.743. The zero-order valence-electron chi connectivity index (χ0n) is 12.2. The van der Waals surface area contributed by atoms with Crippen LogP contribution in [-0.2, 0) is 11.3 Å². The predicted octanol–water partition coefficient (Wildman–Crippen LogP) is -1.03. The summed E-state index contributed by atoms with van der Waals surface area (Å²) in [7, 11) is 3.95. The zero-order valence-corrected chi connectivity index (χ0v) is 12.2. The summed E-state index contributed by atoms with van der Waals surface area (Å²) in [6.45, 7) is 4.19. The first kappa shape index (κ1) is 15.0. The molecule has 1 fully saturated rings. The molecule has 1 aromatic heterocycles. The second kappa shape index (κ2) is 6.83. The molecule has 2 N–H and O–H groups in total. The molecule has 2 rings (SSSR count). The lowest BCUT2D eigenvalue weighted by atomic mass is 10.3. The molecule has 112 valence electrons. The van der Waals surface area contributed by atoms with Crippen molar-refractivity contribution < 1.29 is 4.74 Å². The molecule has 0 bridgehead atoms. The minimum Gasteiger partial charge on any atom is -0.374 e. The van der Waals surface area contributed by atoms with E-state index in [4.69, 9.17) is 10.5 Å². The highest BCUT2D eigenvalue weighted by molar-refractivity contribution is 5.41. The van der Waals surface area contributed by atoms with Crippen LogP contribution in [0.5, 0.6) is 0 Å². The number of anilines is 1. The number of nitrogens with two attached hydrogens (primary N) is 1. The Labute approximate surface area is 118 Å². The van der Waals surface area contributed by atoms with E-state index >= 15 is 0 Å². The average molecular weight is 281 g/mol. The van der Waals surface area contributed by atoms with Gasteiger partial charge in [0.2, 0.25) is 0 Å². The summed E-state index contributed by atoms with van der Waals surface area (Å²) in [6, 6.07) is 1.59. The van der Waals surface area contributed by atoms with Crippen LogP contribution in [0.15, 0.2) is 17.1 Å². The minimum atomic E-state index is -0.108. The van der Waals surface area contributed by atoms with E-state index in [1.807, 2.05) is 11.9 Å². The van der Waals surface area contributed by atoms with Crippen LogP contribution in [-0.4, -0.2) is 67.7 Å². The van der Waals surface area contributed by atoms with Gasteiger partial charge in [0.05, 0.1) is 31.1 Å². The lowest BCUT2D eigenvalue weighted by Crippen LogP contribution is -2.43. The van der Waals surface area contributed by atoms with Gasteiger partial charge in [-0.05, 0) is 7.05 Å². The topological polar surface area (TPSA) is 76.6 Å². The molecule has 7 heteroatoms. The van der Waals surface area contributed by atoms with Crippen molar-refractivity contribution in [3.8, 4) is 0 Å². The molecular formula is C13H23N5O2. The van der Waals surface area contributed by atoms with Crippen molar-refractivity contribution in [2.45, 2.75) is 12.6 Å². The van der Waals surface area contributed by atoms with Gasteiger partial charge in [0.25, 0.3) is 5.56 Å². The summed E-state index contributed by atoms with van der Waals surface area (Å²) < 4.78 is 7.12. The van der Waals surface area contributed by atoms with Crippen LogP contribution in [0, 0.1) is 0 Å². The predicted molar refractivity (Wildman–Crippen MR) is 78.1 cm³/mol. The van der Waals surface area contributed by atoms with Gasteiger partial charge in [-0.15, -0.1) is 0 Å². The molecular weight excluding hydrogens is 258 g/mol. The largest absolute Gasteiger partial charge is 0.374 e. The van der Waals surface area contributed by atoms with Gasteiger partial charge in [-0.3, -0.25) is 4.79 Å². The summed E-state index contributed by atoms with van der Waals surface area (Å²) in [5, 5.41) is 4.22. The van der Waals surface area contributed by atoms with Crippen LogP contribution in [0.25, 0.3) is 0 Å². The van der Waals surface area contributed by atoms with Crippen molar-refractivity contribution in [1.82, 2.24) is 14.7 Å². The summed E-state index contributed by atoms with van der Waals surface area (Å²) >= 11 is 0. The molecule has 0 saturated carbocycles. The Morgan fingerprint density at radius 2 is 2.40 bits per heavy atom. The molecule has 20 heavy (non-hydrogen) atoms. The second-order valence-electron chi connectivity index (χ2n) is 5.20. The maximum absolute atomic E-state index is 12.1. The van der Waals surface area contributed by atoms with Crippen molar-refractivity contribution in [3.63, 3.8) is 0 Å². The number of morpholine rings is 1.